The molecule has 1 fully saturated rings. The van der Waals surface area contributed by atoms with Crippen LogP contribution < -0.4 is 10.6 Å². The van der Waals surface area contributed by atoms with Crippen LogP contribution in [-0.4, -0.2) is 41.8 Å². The third-order valence-electron chi connectivity index (χ3n) is 6.87. The Hall–Kier alpha value is -3.35. The summed E-state index contributed by atoms with van der Waals surface area (Å²) in [6, 6.07) is 15.5. The van der Waals surface area contributed by atoms with E-state index in [1.165, 1.54) is 11.1 Å². The summed E-state index contributed by atoms with van der Waals surface area (Å²) in [5, 5.41) is 14.7. The predicted octanol–water partition coefficient (Wildman–Crippen LogP) is 4.45. The molecule has 0 heterocycles. The quantitative estimate of drug-likeness (QED) is 0.525. The summed E-state index contributed by atoms with van der Waals surface area (Å²) in [7, 11) is 0. The molecule has 3 atom stereocenters. The van der Waals surface area contributed by atoms with Crippen LogP contribution in [0.5, 0.6) is 0 Å². The standard InChI is InChI=1S/C27H32N2O5/c1-17(15-25(30)31)28-26(32)22-13-3-2-4-14-24(22)29-27(33)34-16-23-20-11-7-5-9-18(20)19-10-6-8-12-21(19)23/h5-12,17,22-24H,2-4,13-16H2,1H3,(H,28,32)(H,29,33)(H,30,31)/t17-,22+,24-/m0/s1. The SMILES string of the molecule is C[C@@H](CC(=O)O)NC(=O)[C@@H]1CCCCC[C@@H]1NC(=O)OCC1c2ccccc2-c2ccccc21. The van der Waals surface area contributed by atoms with Gasteiger partial charge in [-0.2, -0.15) is 0 Å². The first-order valence-electron chi connectivity index (χ1n) is 12.1. The molecule has 0 radical (unpaired) electrons. The Balaban J connectivity index is 1.39. The Kier molecular flexibility index (Phi) is 7.50. The van der Waals surface area contributed by atoms with Crippen molar-refractivity contribution in [3.8, 4) is 11.1 Å². The molecule has 1 saturated carbocycles. The van der Waals surface area contributed by atoms with Gasteiger partial charge in [0, 0.05) is 18.0 Å². The highest BCUT2D eigenvalue weighted by atomic mass is 16.5. The highest BCUT2D eigenvalue weighted by Crippen LogP contribution is 2.44. The number of hydrogen-bond acceptors (Lipinski definition) is 4. The van der Waals surface area contributed by atoms with Crippen LogP contribution in [0.1, 0.15) is 62.5 Å². The van der Waals surface area contributed by atoms with Gasteiger partial charge in [0.25, 0.3) is 0 Å². The molecule has 0 unspecified atom stereocenters. The summed E-state index contributed by atoms with van der Waals surface area (Å²) >= 11 is 0. The summed E-state index contributed by atoms with van der Waals surface area (Å²) in [6.45, 7) is 1.90. The molecule has 0 aliphatic heterocycles. The Morgan fingerprint density at radius 2 is 1.59 bits per heavy atom. The molecule has 0 aromatic heterocycles. The zero-order valence-corrected chi connectivity index (χ0v) is 19.5. The summed E-state index contributed by atoms with van der Waals surface area (Å²) in [6.07, 6.45) is 3.50. The maximum Gasteiger partial charge on any atom is 0.407 e. The largest absolute Gasteiger partial charge is 0.481 e. The van der Waals surface area contributed by atoms with Crippen LogP contribution in [0.15, 0.2) is 48.5 Å². The van der Waals surface area contributed by atoms with Crippen LogP contribution in [-0.2, 0) is 14.3 Å². The van der Waals surface area contributed by atoms with Crippen LogP contribution >= 0.6 is 0 Å². The average Bonchev–Trinajstić information content (AvgIpc) is 2.94. The molecule has 4 rings (SSSR count). The lowest BCUT2D eigenvalue weighted by Crippen LogP contribution is -2.48. The van der Waals surface area contributed by atoms with Gasteiger partial charge in [0.2, 0.25) is 5.91 Å². The molecule has 2 amide bonds. The first-order chi connectivity index (χ1) is 16.4. The second kappa shape index (κ2) is 10.7. The smallest absolute Gasteiger partial charge is 0.407 e. The van der Waals surface area contributed by atoms with Crippen molar-refractivity contribution >= 4 is 18.0 Å². The lowest BCUT2D eigenvalue weighted by atomic mass is 9.93. The summed E-state index contributed by atoms with van der Waals surface area (Å²) in [4.78, 5) is 36.6. The zero-order chi connectivity index (χ0) is 24.1. The predicted molar refractivity (Wildman–Crippen MR) is 128 cm³/mol. The molecule has 0 bridgehead atoms. The molecule has 2 aliphatic rings. The molecular weight excluding hydrogens is 432 g/mol. The number of aliphatic carboxylic acids is 1. The van der Waals surface area contributed by atoms with Crippen LogP contribution in [0.25, 0.3) is 11.1 Å². The van der Waals surface area contributed by atoms with E-state index in [1.54, 1.807) is 6.92 Å². The van der Waals surface area contributed by atoms with E-state index in [0.29, 0.717) is 12.8 Å². The van der Waals surface area contributed by atoms with E-state index in [1.807, 2.05) is 24.3 Å². The molecule has 0 saturated heterocycles. The number of carboxylic acids is 1. The van der Waals surface area contributed by atoms with Crippen molar-refractivity contribution in [2.24, 2.45) is 5.92 Å². The number of fused-ring (bicyclic) bond motifs is 3. The van der Waals surface area contributed by atoms with Gasteiger partial charge in [-0.25, -0.2) is 4.79 Å². The van der Waals surface area contributed by atoms with Gasteiger partial charge in [-0.1, -0.05) is 67.8 Å². The van der Waals surface area contributed by atoms with E-state index in [9.17, 15) is 14.4 Å². The van der Waals surface area contributed by atoms with E-state index in [0.717, 1.165) is 30.4 Å². The summed E-state index contributed by atoms with van der Waals surface area (Å²) in [5.41, 5.74) is 4.64. The fraction of sp³-hybridized carbons (Fsp3) is 0.444. The molecule has 180 valence electrons. The number of ether oxygens (including phenoxy) is 1. The van der Waals surface area contributed by atoms with Crippen LogP contribution in [0, 0.1) is 5.92 Å². The van der Waals surface area contributed by atoms with E-state index in [2.05, 4.69) is 34.9 Å². The summed E-state index contributed by atoms with van der Waals surface area (Å²) < 4.78 is 5.69. The van der Waals surface area contributed by atoms with E-state index < -0.39 is 24.0 Å². The first-order valence-corrected chi connectivity index (χ1v) is 12.1. The van der Waals surface area contributed by atoms with Gasteiger partial charge in [0.05, 0.1) is 12.3 Å². The molecule has 7 nitrogen and oxygen atoms in total. The number of benzene rings is 2. The number of amides is 2. The van der Waals surface area contributed by atoms with Gasteiger partial charge in [-0.05, 0) is 42.0 Å². The van der Waals surface area contributed by atoms with Gasteiger partial charge in [-0.15, -0.1) is 0 Å². The molecule has 0 spiro atoms. The second-order valence-electron chi connectivity index (χ2n) is 9.33. The maximum atomic E-state index is 12.9. The van der Waals surface area contributed by atoms with Gasteiger partial charge in [-0.3, -0.25) is 9.59 Å². The van der Waals surface area contributed by atoms with Crippen molar-refractivity contribution in [1.82, 2.24) is 10.6 Å². The minimum atomic E-state index is -0.957. The van der Waals surface area contributed by atoms with Crippen molar-refractivity contribution in [3.05, 3.63) is 59.7 Å². The third kappa shape index (κ3) is 5.41. The fourth-order valence-electron chi connectivity index (χ4n) is 5.25. The average molecular weight is 465 g/mol. The number of nitrogens with one attached hydrogen (secondary N) is 2. The Bertz CT molecular complexity index is 1010. The normalized spacial score (nSPS) is 20.4. The number of rotatable bonds is 7. The second-order valence-corrected chi connectivity index (χ2v) is 9.33. The highest BCUT2D eigenvalue weighted by Gasteiger charge is 2.33. The lowest BCUT2D eigenvalue weighted by Gasteiger charge is -2.26. The van der Waals surface area contributed by atoms with E-state index in [-0.39, 0.29) is 30.9 Å². The Morgan fingerprint density at radius 1 is 0.971 bits per heavy atom. The summed E-state index contributed by atoms with van der Waals surface area (Å²) in [5.74, 6) is -1.59. The molecule has 2 aliphatic carbocycles. The van der Waals surface area contributed by atoms with Crippen LogP contribution in [0.2, 0.25) is 0 Å². The fourth-order valence-corrected chi connectivity index (χ4v) is 5.25. The molecule has 7 heteroatoms. The van der Waals surface area contributed by atoms with Gasteiger partial charge in [0.15, 0.2) is 0 Å². The molecular formula is C27H32N2O5. The van der Waals surface area contributed by atoms with Crippen LogP contribution in [0.3, 0.4) is 0 Å². The van der Waals surface area contributed by atoms with E-state index >= 15 is 0 Å². The van der Waals surface area contributed by atoms with Gasteiger partial charge < -0.3 is 20.5 Å². The monoisotopic (exact) mass is 464 g/mol. The van der Waals surface area contributed by atoms with Crippen molar-refractivity contribution in [2.45, 2.75) is 63.5 Å². The highest BCUT2D eigenvalue weighted by molar-refractivity contribution is 5.82. The van der Waals surface area contributed by atoms with Crippen molar-refractivity contribution in [3.63, 3.8) is 0 Å². The number of carboxylic acid groups (broad SMARTS) is 1. The van der Waals surface area contributed by atoms with Gasteiger partial charge in [0.1, 0.15) is 6.61 Å². The number of hydrogen-bond donors (Lipinski definition) is 3. The maximum absolute atomic E-state index is 12.9. The third-order valence-corrected chi connectivity index (χ3v) is 6.87. The van der Waals surface area contributed by atoms with Gasteiger partial charge >= 0.3 is 12.1 Å². The first kappa shape index (κ1) is 23.8. The van der Waals surface area contributed by atoms with Crippen molar-refractivity contribution in [1.29, 1.82) is 0 Å². The van der Waals surface area contributed by atoms with E-state index in [4.69, 9.17) is 9.84 Å². The van der Waals surface area contributed by atoms with Crippen molar-refractivity contribution < 1.29 is 24.2 Å². The molecule has 2 aromatic carbocycles. The molecule has 2 aromatic rings. The van der Waals surface area contributed by atoms with Crippen LogP contribution in [0.4, 0.5) is 4.79 Å². The zero-order valence-electron chi connectivity index (χ0n) is 19.5. The van der Waals surface area contributed by atoms with Crippen molar-refractivity contribution in [2.75, 3.05) is 6.61 Å². The minimum Gasteiger partial charge on any atom is -0.481 e. The Labute approximate surface area is 199 Å². The minimum absolute atomic E-state index is 0.0248. The lowest BCUT2D eigenvalue weighted by molar-refractivity contribution is -0.137. The Morgan fingerprint density at radius 3 is 2.24 bits per heavy atom. The number of carbonyl (C=O) groups excluding carboxylic acids is 2. The molecule has 34 heavy (non-hydrogen) atoms. The number of carbonyl (C=O) groups is 3. The topological polar surface area (TPSA) is 105 Å². The number of alkyl carbamates (subject to hydrolysis) is 1. The molecule has 3 N–H and O–H groups in total.